The van der Waals surface area contributed by atoms with E-state index >= 15 is 0 Å². The zero-order chi connectivity index (χ0) is 17.0. The molecule has 1 heteroatoms. The molecule has 0 amide bonds. The zero-order valence-corrected chi connectivity index (χ0v) is 17.5. The van der Waals surface area contributed by atoms with Crippen LogP contribution in [0.25, 0.3) is 0 Å². The lowest BCUT2D eigenvalue weighted by molar-refractivity contribution is 0.607. The molecule has 0 heterocycles. The van der Waals surface area contributed by atoms with Crippen LogP contribution in [0.4, 0.5) is 0 Å². The number of unbranched alkanes of at least 4 members (excludes halogenated alkanes) is 12. The van der Waals surface area contributed by atoms with Crippen molar-refractivity contribution in [3.63, 3.8) is 0 Å². The molecule has 0 aliphatic carbocycles. The number of rotatable bonds is 18. The Morgan fingerprint density at radius 2 is 0.957 bits per heavy atom. The summed E-state index contributed by atoms with van der Waals surface area (Å²) in [5.74, 6) is 0. The zero-order valence-electron chi connectivity index (χ0n) is 16.6. The van der Waals surface area contributed by atoms with Gasteiger partial charge in [-0.1, -0.05) is 90.7 Å². The molecule has 0 bridgehead atoms. The lowest BCUT2D eigenvalue weighted by Crippen LogP contribution is -1.90. The predicted octanol–water partition coefficient (Wildman–Crippen LogP) is 8.55. The van der Waals surface area contributed by atoms with Crippen LogP contribution in [0, 0.1) is 0 Å². The standard InChI is InChI=1S/C22H45P/c1-4-7-8-9-10-11-12-13-14-15-16-17-18-19-20-21-22-23(5-2)6-3/h13-14H,4-12,15-22H2,1-3H3/b14-13-. The second kappa shape index (κ2) is 20.2. The van der Waals surface area contributed by atoms with Gasteiger partial charge in [0.05, 0.1) is 0 Å². The third kappa shape index (κ3) is 18.4. The van der Waals surface area contributed by atoms with Crippen LogP contribution >= 0.6 is 7.92 Å². The van der Waals surface area contributed by atoms with E-state index in [1.807, 2.05) is 0 Å². The van der Waals surface area contributed by atoms with Gasteiger partial charge in [-0.15, -0.1) is 7.92 Å². The highest BCUT2D eigenvalue weighted by Crippen LogP contribution is 2.35. The van der Waals surface area contributed by atoms with Crippen LogP contribution in [0.3, 0.4) is 0 Å². The first-order valence-corrected chi connectivity index (χ1v) is 12.6. The van der Waals surface area contributed by atoms with Gasteiger partial charge in [0.15, 0.2) is 0 Å². The molecule has 0 radical (unpaired) electrons. The summed E-state index contributed by atoms with van der Waals surface area (Å²) >= 11 is 0. The van der Waals surface area contributed by atoms with E-state index in [0.717, 1.165) is 0 Å². The summed E-state index contributed by atoms with van der Waals surface area (Å²) in [4.78, 5) is 0. The smallest absolute Gasteiger partial charge is 0.0326 e. The molecule has 0 spiro atoms. The molecule has 23 heavy (non-hydrogen) atoms. The fraction of sp³-hybridized carbons (Fsp3) is 0.909. The number of hydrogen-bond acceptors (Lipinski definition) is 0. The van der Waals surface area contributed by atoms with E-state index in [-0.39, 0.29) is 0 Å². The fourth-order valence-electron chi connectivity index (χ4n) is 3.12. The summed E-state index contributed by atoms with van der Waals surface area (Å²) in [7, 11) is 0.392. The Morgan fingerprint density at radius 1 is 0.522 bits per heavy atom. The quantitative estimate of drug-likeness (QED) is 0.133. The summed E-state index contributed by atoms with van der Waals surface area (Å²) in [5.41, 5.74) is 0. The van der Waals surface area contributed by atoms with E-state index in [0.29, 0.717) is 7.92 Å². The molecule has 138 valence electrons. The van der Waals surface area contributed by atoms with Crippen molar-refractivity contribution in [3.8, 4) is 0 Å². The maximum atomic E-state index is 2.43. The Bertz CT molecular complexity index is 230. The molecule has 0 aliphatic rings. The second-order valence-electron chi connectivity index (χ2n) is 6.96. The van der Waals surface area contributed by atoms with Crippen molar-refractivity contribution in [3.05, 3.63) is 12.2 Å². The molecule has 0 aromatic rings. The Balaban J connectivity index is 3.13. The van der Waals surface area contributed by atoms with Crippen molar-refractivity contribution in [2.45, 2.75) is 111 Å². The van der Waals surface area contributed by atoms with Crippen LogP contribution in [-0.2, 0) is 0 Å². The van der Waals surface area contributed by atoms with Crippen molar-refractivity contribution < 1.29 is 0 Å². The average molecular weight is 341 g/mol. The summed E-state index contributed by atoms with van der Waals surface area (Å²) in [6, 6.07) is 0. The molecule has 0 aromatic heterocycles. The first kappa shape index (κ1) is 23.2. The van der Waals surface area contributed by atoms with E-state index < -0.39 is 0 Å². The first-order chi connectivity index (χ1) is 11.3. The molecular weight excluding hydrogens is 295 g/mol. The van der Waals surface area contributed by atoms with Gasteiger partial charge in [0.1, 0.15) is 0 Å². The van der Waals surface area contributed by atoms with Gasteiger partial charge < -0.3 is 0 Å². The maximum absolute atomic E-state index is 2.43. The molecule has 0 nitrogen and oxygen atoms in total. The van der Waals surface area contributed by atoms with Gasteiger partial charge in [-0.05, 0) is 50.6 Å². The minimum absolute atomic E-state index is 0.392. The van der Waals surface area contributed by atoms with E-state index in [4.69, 9.17) is 0 Å². The number of allylic oxidation sites excluding steroid dienone is 2. The van der Waals surface area contributed by atoms with Crippen LogP contribution < -0.4 is 0 Å². The van der Waals surface area contributed by atoms with Crippen molar-refractivity contribution in [1.29, 1.82) is 0 Å². The van der Waals surface area contributed by atoms with Gasteiger partial charge in [-0.25, -0.2) is 0 Å². The average Bonchev–Trinajstić information content (AvgIpc) is 2.58. The minimum atomic E-state index is 0.392. The topological polar surface area (TPSA) is 0 Å². The van der Waals surface area contributed by atoms with Gasteiger partial charge in [-0.3, -0.25) is 0 Å². The fourth-order valence-corrected chi connectivity index (χ4v) is 4.87. The molecule has 0 aromatic carbocycles. The van der Waals surface area contributed by atoms with Gasteiger partial charge >= 0.3 is 0 Å². The summed E-state index contributed by atoms with van der Waals surface area (Å²) in [5, 5.41) is 0. The molecule has 0 N–H and O–H groups in total. The van der Waals surface area contributed by atoms with Gasteiger partial charge in [0.25, 0.3) is 0 Å². The molecular formula is C22H45P. The van der Waals surface area contributed by atoms with Crippen molar-refractivity contribution in [1.82, 2.24) is 0 Å². The SMILES string of the molecule is CCCCCCCC/C=C\CCCCCCCCP(CC)CC. The second-order valence-corrected chi connectivity index (χ2v) is 10.0. The third-order valence-electron chi connectivity index (χ3n) is 4.88. The van der Waals surface area contributed by atoms with Crippen LogP contribution in [0.2, 0.25) is 0 Å². The molecule has 0 atom stereocenters. The van der Waals surface area contributed by atoms with E-state index in [1.54, 1.807) is 0 Å². The molecule has 0 fully saturated rings. The normalized spacial score (nSPS) is 11.8. The van der Waals surface area contributed by atoms with Crippen molar-refractivity contribution in [2.24, 2.45) is 0 Å². The molecule has 0 rings (SSSR count). The Labute approximate surface area is 149 Å². The summed E-state index contributed by atoms with van der Waals surface area (Å²) < 4.78 is 0. The van der Waals surface area contributed by atoms with Gasteiger partial charge in [-0.2, -0.15) is 0 Å². The molecule has 0 aliphatic heterocycles. The van der Waals surface area contributed by atoms with Gasteiger partial charge in [0, 0.05) is 0 Å². The van der Waals surface area contributed by atoms with Crippen molar-refractivity contribution in [2.75, 3.05) is 18.5 Å². The minimum Gasteiger partial charge on any atom is -0.107 e. The lowest BCUT2D eigenvalue weighted by atomic mass is 10.1. The molecule has 0 saturated heterocycles. The largest absolute Gasteiger partial charge is 0.107 e. The number of hydrogen-bond donors (Lipinski definition) is 0. The van der Waals surface area contributed by atoms with E-state index in [9.17, 15) is 0 Å². The monoisotopic (exact) mass is 340 g/mol. The molecule has 0 unspecified atom stereocenters. The predicted molar refractivity (Wildman–Crippen MR) is 112 cm³/mol. The van der Waals surface area contributed by atoms with E-state index in [2.05, 4.69) is 32.9 Å². The first-order valence-electron chi connectivity index (χ1n) is 10.7. The Hall–Kier alpha value is 0.170. The lowest BCUT2D eigenvalue weighted by Gasteiger charge is -2.12. The maximum Gasteiger partial charge on any atom is -0.0326 e. The van der Waals surface area contributed by atoms with Crippen LogP contribution in [0.5, 0.6) is 0 Å². The van der Waals surface area contributed by atoms with Crippen molar-refractivity contribution >= 4 is 7.92 Å². The van der Waals surface area contributed by atoms with Crippen LogP contribution in [0.15, 0.2) is 12.2 Å². The molecule has 0 saturated carbocycles. The third-order valence-corrected chi connectivity index (χ3v) is 7.62. The Morgan fingerprint density at radius 3 is 1.43 bits per heavy atom. The van der Waals surface area contributed by atoms with Crippen LogP contribution in [0.1, 0.15) is 111 Å². The summed E-state index contributed by atoms with van der Waals surface area (Å²) in [6.45, 7) is 7.03. The Kier molecular flexibility index (Phi) is 20.4. The van der Waals surface area contributed by atoms with Crippen LogP contribution in [-0.4, -0.2) is 18.5 Å². The van der Waals surface area contributed by atoms with Gasteiger partial charge in [0.2, 0.25) is 0 Å². The summed E-state index contributed by atoms with van der Waals surface area (Å²) in [6.07, 6.45) is 29.2. The highest BCUT2D eigenvalue weighted by atomic mass is 31.1. The highest BCUT2D eigenvalue weighted by Gasteiger charge is 2.01. The highest BCUT2D eigenvalue weighted by molar-refractivity contribution is 7.57. The van der Waals surface area contributed by atoms with E-state index in [1.165, 1.54) is 108 Å².